The van der Waals surface area contributed by atoms with Crippen molar-refractivity contribution >= 4 is 12.9 Å². The van der Waals surface area contributed by atoms with Gasteiger partial charge in [0.05, 0.1) is 5.30 Å². The number of hydrogen-bond acceptors (Lipinski definition) is 1. The summed E-state index contributed by atoms with van der Waals surface area (Å²) in [6.07, 6.45) is 0. The molecule has 2 rings (SSSR count). The molecule has 81 valence electrons. The number of benzene rings is 2. The summed E-state index contributed by atoms with van der Waals surface area (Å²) >= 11 is 0. The van der Waals surface area contributed by atoms with E-state index in [1.807, 2.05) is 0 Å². The van der Waals surface area contributed by atoms with E-state index in [9.17, 15) is 14.4 Å². The third-order valence-electron chi connectivity index (χ3n) is 2.25. The zero-order valence-corrected chi connectivity index (χ0v) is 9.26. The van der Waals surface area contributed by atoms with Crippen LogP contribution in [0.2, 0.25) is 0 Å². The topological polar surface area (TPSA) is 57.5 Å². The fourth-order valence-electron chi connectivity index (χ4n) is 1.54. The van der Waals surface area contributed by atoms with Crippen molar-refractivity contribution in [2.75, 3.05) is 0 Å². The van der Waals surface area contributed by atoms with Gasteiger partial charge in [0.25, 0.3) is 0 Å². The Morgan fingerprint density at radius 1 is 1.00 bits per heavy atom. The Morgan fingerprint density at radius 3 is 2.25 bits per heavy atom. The van der Waals surface area contributed by atoms with Gasteiger partial charge in [-0.2, -0.15) is 0 Å². The van der Waals surface area contributed by atoms with E-state index in [4.69, 9.17) is 0 Å². The van der Waals surface area contributed by atoms with E-state index >= 15 is 0 Å². The van der Waals surface area contributed by atoms with Gasteiger partial charge in [-0.15, -0.1) is 0 Å². The fourth-order valence-corrected chi connectivity index (χ4v) is 2.34. The molecule has 2 N–H and O–H groups in total. The van der Waals surface area contributed by atoms with Crippen molar-refractivity contribution in [3.05, 3.63) is 54.6 Å². The molecule has 0 bridgehead atoms. The minimum Gasteiger partial charge on any atom is -0.321 e. The van der Waals surface area contributed by atoms with Gasteiger partial charge in [-0.25, -0.2) is 0 Å². The van der Waals surface area contributed by atoms with Crippen molar-refractivity contribution in [2.24, 2.45) is 0 Å². The van der Waals surface area contributed by atoms with Gasteiger partial charge >= 0.3 is 7.60 Å². The largest absolute Gasteiger partial charge is 0.356 e. The first-order valence-corrected chi connectivity index (χ1v) is 6.32. The maximum absolute atomic E-state index is 11.3. The van der Waals surface area contributed by atoms with Crippen molar-refractivity contribution in [3.8, 4) is 11.1 Å². The molecule has 0 aliphatic carbocycles. The molecular formula is C12H10O3P. The minimum absolute atomic E-state index is 0.0567. The maximum atomic E-state index is 11.3. The second-order valence-corrected chi connectivity index (χ2v) is 4.92. The monoisotopic (exact) mass is 233 g/mol. The molecule has 0 spiro atoms. The fraction of sp³-hybridized carbons (Fsp3) is 0. The van der Waals surface area contributed by atoms with Crippen LogP contribution in [0.5, 0.6) is 0 Å². The average molecular weight is 233 g/mol. The highest BCUT2D eigenvalue weighted by molar-refractivity contribution is 7.60. The first-order chi connectivity index (χ1) is 7.59. The molecule has 2 aromatic carbocycles. The van der Waals surface area contributed by atoms with Gasteiger partial charge in [0.2, 0.25) is 0 Å². The first kappa shape index (κ1) is 11.1. The van der Waals surface area contributed by atoms with Gasteiger partial charge in [-0.05, 0) is 23.3 Å². The molecule has 0 fully saturated rings. The lowest BCUT2D eigenvalue weighted by Crippen LogP contribution is -2.07. The molecule has 0 aromatic heterocycles. The SMILES string of the molecule is O=P(O)(O)c1ccccc1-c1cc[c]cc1. The van der Waals surface area contributed by atoms with Gasteiger partial charge in [-0.3, -0.25) is 4.57 Å². The number of rotatable bonds is 2. The second-order valence-electron chi connectivity index (χ2n) is 3.35. The number of hydrogen-bond donors (Lipinski definition) is 2. The van der Waals surface area contributed by atoms with Crippen LogP contribution < -0.4 is 5.30 Å². The van der Waals surface area contributed by atoms with Crippen molar-refractivity contribution in [1.29, 1.82) is 0 Å². The highest BCUT2D eigenvalue weighted by atomic mass is 31.2. The normalized spacial score (nSPS) is 11.4. The summed E-state index contributed by atoms with van der Waals surface area (Å²) in [6, 6.07) is 16.4. The Labute approximate surface area is 93.5 Å². The smallest absolute Gasteiger partial charge is 0.321 e. The minimum atomic E-state index is -4.23. The zero-order chi connectivity index (χ0) is 11.6. The standard InChI is InChI=1S/C12H10O3P/c13-16(14,15)12-9-5-4-8-11(12)10-6-2-1-3-7-10/h2-9H,(H2,13,14,15). The molecule has 3 nitrogen and oxygen atoms in total. The zero-order valence-electron chi connectivity index (χ0n) is 8.37. The molecule has 0 saturated carbocycles. The van der Waals surface area contributed by atoms with Gasteiger partial charge in [0, 0.05) is 0 Å². The Hall–Kier alpha value is -1.41. The summed E-state index contributed by atoms with van der Waals surface area (Å²) in [6.45, 7) is 0. The molecular weight excluding hydrogens is 223 g/mol. The van der Waals surface area contributed by atoms with Crippen molar-refractivity contribution in [3.63, 3.8) is 0 Å². The van der Waals surface area contributed by atoms with Gasteiger partial charge < -0.3 is 9.79 Å². The molecule has 0 saturated heterocycles. The summed E-state index contributed by atoms with van der Waals surface area (Å²) < 4.78 is 11.3. The Kier molecular flexibility index (Phi) is 2.92. The van der Waals surface area contributed by atoms with Crippen LogP contribution in [-0.2, 0) is 4.57 Å². The average Bonchev–Trinajstić information content (AvgIpc) is 2.29. The van der Waals surface area contributed by atoms with E-state index < -0.39 is 7.60 Å². The first-order valence-electron chi connectivity index (χ1n) is 4.70. The molecule has 2 aromatic rings. The molecule has 0 amide bonds. The summed E-state index contributed by atoms with van der Waals surface area (Å²) in [5.74, 6) is 0. The van der Waals surface area contributed by atoms with Gasteiger partial charge in [-0.1, -0.05) is 42.5 Å². The molecule has 0 heterocycles. The van der Waals surface area contributed by atoms with Gasteiger partial charge in [0.15, 0.2) is 0 Å². The van der Waals surface area contributed by atoms with Crippen LogP contribution in [0, 0.1) is 6.07 Å². The highest BCUT2D eigenvalue weighted by Crippen LogP contribution is 2.37. The Morgan fingerprint density at radius 2 is 1.62 bits per heavy atom. The van der Waals surface area contributed by atoms with E-state index in [-0.39, 0.29) is 5.30 Å². The van der Waals surface area contributed by atoms with Crippen LogP contribution in [0.4, 0.5) is 0 Å². The van der Waals surface area contributed by atoms with Gasteiger partial charge in [0.1, 0.15) is 0 Å². The van der Waals surface area contributed by atoms with Crippen LogP contribution in [-0.4, -0.2) is 9.79 Å². The lowest BCUT2D eigenvalue weighted by Gasteiger charge is -2.10. The van der Waals surface area contributed by atoms with E-state index in [1.54, 1.807) is 42.5 Å². The predicted octanol–water partition coefficient (Wildman–Crippen LogP) is 1.96. The lowest BCUT2D eigenvalue weighted by molar-refractivity contribution is 0.387. The summed E-state index contributed by atoms with van der Waals surface area (Å²) in [5, 5.41) is 0.0567. The summed E-state index contributed by atoms with van der Waals surface area (Å²) in [4.78, 5) is 18.5. The van der Waals surface area contributed by atoms with Crippen molar-refractivity contribution in [2.45, 2.75) is 0 Å². The van der Waals surface area contributed by atoms with E-state index in [0.29, 0.717) is 5.56 Å². The third-order valence-corrected chi connectivity index (χ3v) is 3.26. The molecule has 0 aliphatic heterocycles. The lowest BCUT2D eigenvalue weighted by atomic mass is 10.1. The van der Waals surface area contributed by atoms with E-state index in [1.165, 1.54) is 6.07 Å². The van der Waals surface area contributed by atoms with Crippen LogP contribution in [0.15, 0.2) is 48.5 Å². The van der Waals surface area contributed by atoms with E-state index in [0.717, 1.165) is 5.56 Å². The Bertz CT molecular complexity index is 531. The molecule has 4 heteroatoms. The molecule has 16 heavy (non-hydrogen) atoms. The predicted molar refractivity (Wildman–Crippen MR) is 62.4 cm³/mol. The van der Waals surface area contributed by atoms with Crippen LogP contribution in [0.25, 0.3) is 11.1 Å². The molecule has 0 aliphatic rings. The maximum Gasteiger partial charge on any atom is 0.356 e. The molecule has 0 unspecified atom stereocenters. The summed E-state index contributed by atoms with van der Waals surface area (Å²) in [7, 11) is -4.23. The second kappa shape index (κ2) is 4.22. The van der Waals surface area contributed by atoms with Crippen molar-refractivity contribution < 1.29 is 14.4 Å². The molecule has 1 radical (unpaired) electrons. The van der Waals surface area contributed by atoms with E-state index in [2.05, 4.69) is 6.07 Å². The van der Waals surface area contributed by atoms with Crippen LogP contribution in [0.3, 0.4) is 0 Å². The quantitative estimate of drug-likeness (QED) is 0.779. The van der Waals surface area contributed by atoms with Crippen LogP contribution in [0.1, 0.15) is 0 Å². The third kappa shape index (κ3) is 2.22. The van der Waals surface area contributed by atoms with Crippen LogP contribution >= 0.6 is 7.60 Å². The summed E-state index contributed by atoms with van der Waals surface area (Å²) in [5.41, 5.74) is 1.34. The molecule has 0 atom stereocenters. The Balaban J connectivity index is 2.63. The highest BCUT2D eigenvalue weighted by Gasteiger charge is 2.21. The van der Waals surface area contributed by atoms with Crippen molar-refractivity contribution in [1.82, 2.24) is 0 Å².